The van der Waals surface area contributed by atoms with Crippen LogP contribution in [-0.4, -0.2) is 5.24 Å². The topological polar surface area (TPSA) is 21.4 Å². The molecule has 0 heterocycles. The molecule has 0 unspecified atom stereocenters. The van der Waals surface area contributed by atoms with Gasteiger partial charge < -0.3 is 0 Å². The lowest BCUT2D eigenvalue weighted by Crippen LogP contribution is -1.62. The number of rotatable bonds is 0. The second-order valence-electron chi connectivity index (χ2n) is 1.92. The molecule has 0 atom stereocenters. The van der Waals surface area contributed by atoms with Gasteiger partial charge in [-0.1, -0.05) is 44.2 Å². The number of hydrogen-bond donors (Lipinski definition) is 0. The van der Waals surface area contributed by atoms with Crippen molar-refractivity contribution in [3.63, 3.8) is 0 Å². The Morgan fingerprint density at radius 3 is 1.86 bits per heavy atom. The van der Waals surface area contributed by atoms with E-state index in [-0.39, 0.29) is 5.24 Å². The Hall–Kier alpha value is -1.33. The summed E-state index contributed by atoms with van der Waals surface area (Å²) in [6.45, 7) is 11.9. The summed E-state index contributed by atoms with van der Waals surface area (Å²) in [5.41, 5.74) is 0.701. The molecule has 76 valence electrons. The van der Waals surface area contributed by atoms with Crippen molar-refractivity contribution in [3.05, 3.63) is 41.7 Å². The van der Waals surface area contributed by atoms with Crippen LogP contribution in [0.5, 0.6) is 0 Å². The Morgan fingerprint density at radius 2 is 1.64 bits per heavy atom. The minimum atomic E-state index is -0.361. The summed E-state index contributed by atoms with van der Waals surface area (Å²) < 4.78 is 0. The van der Waals surface area contributed by atoms with Crippen LogP contribution in [0, 0.1) is 6.57 Å². The van der Waals surface area contributed by atoms with Gasteiger partial charge in [0.2, 0.25) is 5.24 Å². The number of benzene rings is 1. The molecule has 0 saturated carbocycles. The van der Waals surface area contributed by atoms with Crippen molar-refractivity contribution in [2.75, 3.05) is 0 Å². The smallest absolute Gasteiger partial charge is 0.218 e. The molecular formula is C11H14ClNO. The number of para-hydroxylation sites is 1. The van der Waals surface area contributed by atoms with Crippen LogP contribution in [0.1, 0.15) is 20.8 Å². The van der Waals surface area contributed by atoms with E-state index in [2.05, 4.69) is 16.4 Å². The predicted octanol–water partition coefficient (Wildman–Crippen LogP) is 4.04. The molecule has 0 aliphatic carbocycles. The first-order valence-electron chi connectivity index (χ1n) is 4.25. The maximum absolute atomic E-state index is 9.21. The molecule has 0 aliphatic heterocycles. The molecule has 14 heavy (non-hydrogen) atoms. The van der Waals surface area contributed by atoms with E-state index >= 15 is 0 Å². The highest BCUT2D eigenvalue weighted by atomic mass is 35.5. The maximum Gasteiger partial charge on any atom is 0.218 e. The van der Waals surface area contributed by atoms with Gasteiger partial charge in [0.05, 0.1) is 6.57 Å². The van der Waals surface area contributed by atoms with Gasteiger partial charge in [-0.3, -0.25) is 4.79 Å². The monoisotopic (exact) mass is 211 g/mol. The van der Waals surface area contributed by atoms with E-state index in [1.165, 1.54) is 6.92 Å². The van der Waals surface area contributed by atoms with E-state index in [0.717, 1.165) is 0 Å². The molecule has 2 nitrogen and oxygen atoms in total. The van der Waals surface area contributed by atoms with Gasteiger partial charge in [-0.05, 0) is 11.6 Å². The van der Waals surface area contributed by atoms with E-state index in [4.69, 9.17) is 6.57 Å². The fourth-order valence-electron chi connectivity index (χ4n) is 0.503. The highest BCUT2D eigenvalue weighted by molar-refractivity contribution is 6.62. The molecule has 1 aromatic rings. The molecule has 1 aromatic carbocycles. The lowest BCUT2D eigenvalue weighted by molar-refractivity contribution is -0.109. The van der Waals surface area contributed by atoms with Gasteiger partial charge in [0.25, 0.3) is 0 Å². The standard InChI is InChI=1S/C7H5N.C2H3ClO.C2H6/c1-8-7-5-3-2-4-6-7;1-2(3)4;1-2/h2-6H;1H3;1-2H3. The van der Waals surface area contributed by atoms with Crippen molar-refractivity contribution in [2.45, 2.75) is 20.8 Å². The first-order valence-corrected chi connectivity index (χ1v) is 4.63. The number of carbonyl (C=O) groups is 1. The van der Waals surface area contributed by atoms with Gasteiger partial charge >= 0.3 is 0 Å². The average Bonchev–Trinajstić information content (AvgIpc) is 2.21. The van der Waals surface area contributed by atoms with E-state index in [1.807, 2.05) is 32.0 Å². The molecule has 1 rings (SSSR count). The molecule has 0 radical (unpaired) electrons. The van der Waals surface area contributed by atoms with Gasteiger partial charge in [0.15, 0.2) is 5.69 Å². The zero-order valence-electron chi connectivity index (χ0n) is 8.62. The fourth-order valence-corrected chi connectivity index (χ4v) is 0.503. The maximum atomic E-state index is 9.21. The van der Waals surface area contributed by atoms with E-state index in [1.54, 1.807) is 12.1 Å². The summed E-state index contributed by atoms with van der Waals surface area (Å²) in [5.74, 6) is 0. The molecule has 0 bridgehead atoms. The number of halogens is 1. The third-order valence-electron chi connectivity index (χ3n) is 0.885. The van der Waals surface area contributed by atoms with Crippen LogP contribution in [0.3, 0.4) is 0 Å². The van der Waals surface area contributed by atoms with Crippen molar-refractivity contribution >= 4 is 22.5 Å². The van der Waals surface area contributed by atoms with Crippen molar-refractivity contribution in [3.8, 4) is 0 Å². The number of hydrogen-bond acceptors (Lipinski definition) is 1. The van der Waals surface area contributed by atoms with Gasteiger partial charge in [0.1, 0.15) is 0 Å². The van der Waals surface area contributed by atoms with E-state index in [9.17, 15) is 4.79 Å². The molecule has 3 heteroatoms. The lowest BCUT2D eigenvalue weighted by atomic mass is 10.3. The van der Waals surface area contributed by atoms with E-state index < -0.39 is 0 Å². The summed E-state index contributed by atoms with van der Waals surface area (Å²) in [6, 6.07) is 9.18. The Labute approximate surface area is 90.3 Å². The fraction of sp³-hybridized carbons (Fsp3) is 0.273. The molecular weight excluding hydrogens is 198 g/mol. The summed E-state index contributed by atoms with van der Waals surface area (Å²) in [5, 5.41) is -0.361. The molecule has 0 aliphatic rings. The molecule has 0 amide bonds. The number of carbonyl (C=O) groups excluding carboxylic acids is 1. The largest absolute Gasteiger partial charge is 0.282 e. The minimum absolute atomic E-state index is 0.361. The van der Waals surface area contributed by atoms with Crippen LogP contribution in [0.25, 0.3) is 4.85 Å². The Kier molecular flexibility index (Phi) is 12.6. The van der Waals surface area contributed by atoms with Crippen LogP contribution in [-0.2, 0) is 4.79 Å². The van der Waals surface area contributed by atoms with Crippen molar-refractivity contribution in [1.29, 1.82) is 0 Å². The first-order chi connectivity index (χ1) is 6.66. The minimum Gasteiger partial charge on any atom is -0.282 e. The summed E-state index contributed by atoms with van der Waals surface area (Å²) in [6.07, 6.45) is 0. The van der Waals surface area contributed by atoms with Gasteiger partial charge in [-0.2, -0.15) is 0 Å². The summed E-state index contributed by atoms with van der Waals surface area (Å²) >= 11 is 4.64. The number of nitrogens with zero attached hydrogens (tertiary/aromatic N) is 1. The second kappa shape index (κ2) is 11.7. The van der Waals surface area contributed by atoms with Crippen LogP contribution >= 0.6 is 11.6 Å². The average molecular weight is 212 g/mol. The van der Waals surface area contributed by atoms with Crippen LogP contribution < -0.4 is 0 Å². The lowest BCUT2D eigenvalue weighted by Gasteiger charge is -1.80. The van der Waals surface area contributed by atoms with Gasteiger partial charge in [0, 0.05) is 6.92 Å². The van der Waals surface area contributed by atoms with Gasteiger partial charge in [-0.15, -0.1) is 0 Å². The molecule has 0 saturated heterocycles. The van der Waals surface area contributed by atoms with Crippen molar-refractivity contribution < 1.29 is 4.79 Å². The summed E-state index contributed by atoms with van der Waals surface area (Å²) in [7, 11) is 0. The quantitative estimate of drug-likeness (QED) is 0.469. The molecule has 0 spiro atoms. The third kappa shape index (κ3) is 13.3. The highest BCUT2D eigenvalue weighted by Crippen LogP contribution is 2.07. The van der Waals surface area contributed by atoms with Crippen LogP contribution in [0.2, 0.25) is 0 Å². The molecule has 0 aromatic heterocycles. The summed E-state index contributed by atoms with van der Waals surface area (Å²) in [4.78, 5) is 12.4. The zero-order chi connectivity index (χ0) is 11.4. The van der Waals surface area contributed by atoms with Crippen molar-refractivity contribution in [2.24, 2.45) is 0 Å². The Balaban J connectivity index is 0. The Bertz CT molecular complexity index is 273. The highest BCUT2D eigenvalue weighted by Gasteiger charge is 1.79. The second-order valence-corrected chi connectivity index (χ2v) is 2.45. The van der Waals surface area contributed by atoms with Crippen LogP contribution in [0.15, 0.2) is 30.3 Å². The van der Waals surface area contributed by atoms with Crippen molar-refractivity contribution in [1.82, 2.24) is 0 Å². The van der Waals surface area contributed by atoms with Gasteiger partial charge in [-0.25, -0.2) is 4.85 Å². The Morgan fingerprint density at radius 1 is 1.29 bits per heavy atom. The molecule has 0 N–H and O–H groups in total. The SMILES string of the molecule is CC.CC(=O)Cl.[C-]#[N+]c1ccccc1. The third-order valence-corrected chi connectivity index (χ3v) is 0.885. The predicted molar refractivity (Wildman–Crippen MR) is 60.6 cm³/mol. The van der Waals surface area contributed by atoms with E-state index in [0.29, 0.717) is 5.69 Å². The molecule has 0 fully saturated rings. The normalized spacial score (nSPS) is 6.79. The first kappa shape index (κ1) is 15.2. The zero-order valence-corrected chi connectivity index (χ0v) is 9.38. The van der Waals surface area contributed by atoms with Crippen LogP contribution in [0.4, 0.5) is 5.69 Å².